The van der Waals surface area contributed by atoms with Gasteiger partial charge in [-0.2, -0.15) is 21.6 Å². The summed E-state index contributed by atoms with van der Waals surface area (Å²) < 4.78 is 67.3. The van der Waals surface area contributed by atoms with Crippen LogP contribution in [0.5, 0.6) is 0 Å². The molecule has 170 valence electrons. The highest BCUT2D eigenvalue weighted by molar-refractivity contribution is 7.90. The van der Waals surface area contributed by atoms with Crippen LogP contribution in [0.2, 0.25) is 0 Å². The van der Waals surface area contributed by atoms with Crippen LogP contribution >= 0.6 is 0 Å². The summed E-state index contributed by atoms with van der Waals surface area (Å²) in [6.07, 6.45) is -3.47. The van der Waals surface area contributed by atoms with Crippen LogP contribution in [0.25, 0.3) is 0 Å². The number of benzene rings is 2. The van der Waals surface area contributed by atoms with Gasteiger partial charge in [0.15, 0.2) is 5.84 Å². The summed E-state index contributed by atoms with van der Waals surface area (Å²) in [5.74, 6) is -0.138. The maximum Gasteiger partial charge on any atom is 0.416 e. The zero-order chi connectivity index (χ0) is 23.1. The largest absolute Gasteiger partial charge is 0.416 e. The smallest absolute Gasteiger partial charge is 0.355 e. The summed E-state index contributed by atoms with van der Waals surface area (Å²) in [7, 11) is -3.71. The number of amidine groups is 1. The molecule has 1 fully saturated rings. The molecule has 1 N–H and O–H groups in total. The molecule has 2 aliphatic heterocycles. The molecule has 0 bridgehead atoms. The lowest BCUT2D eigenvalue weighted by atomic mass is 9.94. The highest BCUT2D eigenvalue weighted by Gasteiger charge is 2.35. The number of nitrogens with one attached hydrogen (secondary N) is 1. The van der Waals surface area contributed by atoms with Crippen LogP contribution in [0.15, 0.2) is 57.8 Å². The molecule has 6 nitrogen and oxygen atoms in total. The minimum absolute atomic E-state index is 0.185. The normalized spacial score (nSPS) is 19.2. The Labute approximate surface area is 184 Å². The van der Waals surface area contributed by atoms with Crippen molar-refractivity contribution in [2.45, 2.75) is 36.9 Å². The first-order chi connectivity index (χ1) is 15.1. The predicted molar refractivity (Wildman–Crippen MR) is 112 cm³/mol. The lowest BCUT2D eigenvalue weighted by molar-refractivity contribution is -0.137. The first-order valence-corrected chi connectivity index (χ1v) is 11.7. The van der Waals surface area contributed by atoms with E-state index in [-0.39, 0.29) is 16.7 Å². The van der Waals surface area contributed by atoms with Gasteiger partial charge >= 0.3 is 6.18 Å². The minimum atomic E-state index is -4.44. The Morgan fingerprint density at radius 1 is 1.12 bits per heavy atom. The number of alkyl halides is 3. The molecular weight excluding hydrogens is 443 g/mol. The van der Waals surface area contributed by atoms with Gasteiger partial charge in [-0.25, -0.2) is 0 Å². The number of rotatable bonds is 3. The molecule has 0 saturated carbocycles. The van der Waals surface area contributed by atoms with Crippen molar-refractivity contribution in [3.63, 3.8) is 0 Å². The second kappa shape index (κ2) is 8.23. The number of hydrogen-bond donors (Lipinski definition) is 1. The third-order valence-electron chi connectivity index (χ3n) is 5.85. The SMILES string of the molecule is CC(NC(=O)C1CCN(C2=NS(=O)(=O)c3ccccc32)CC1)c1cccc(C(F)(F)F)c1. The van der Waals surface area contributed by atoms with Gasteiger partial charge in [0.2, 0.25) is 5.91 Å². The first-order valence-electron chi connectivity index (χ1n) is 10.2. The topological polar surface area (TPSA) is 78.8 Å². The van der Waals surface area contributed by atoms with Gasteiger partial charge < -0.3 is 10.2 Å². The molecule has 2 aromatic rings. The molecule has 0 aromatic heterocycles. The molecule has 1 unspecified atom stereocenters. The maximum absolute atomic E-state index is 13.0. The Morgan fingerprint density at radius 3 is 2.50 bits per heavy atom. The average Bonchev–Trinajstić information content (AvgIpc) is 3.04. The van der Waals surface area contributed by atoms with E-state index in [4.69, 9.17) is 0 Å². The highest BCUT2D eigenvalue weighted by Crippen LogP contribution is 2.32. The molecule has 1 saturated heterocycles. The molecule has 0 aliphatic carbocycles. The Bertz CT molecular complexity index is 1170. The van der Waals surface area contributed by atoms with E-state index in [2.05, 4.69) is 9.71 Å². The van der Waals surface area contributed by atoms with Gasteiger partial charge in [0, 0.05) is 24.6 Å². The van der Waals surface area contributed by atoms with Crippen molar-refractivity contribution in [3.8, 4) is 0 Å². The van der Waals surface area contributed by atoms with Gasteiger partial charge in [0.1, 0.15) is 4.90 Å². The summed E-state index contributed by atoms with van der Waals surface area (Å²) in [6, 6.07) is 11.0. The van der Waals surface area contributed by atoms with Crippen LogP contribution in [0.1, 0.15) is 42.5 Å². The van der Waals surface area contributed by atoms with E-state index >= 15 is 0 Å². The Morgan fingerprint density at radius 2 is 1.81 bits per heavy atom. The number of sulfonamides is 1. The summed E-state index contributed by atoms with van der Waals surface area (Å²) in [6.45, 7) is 2.56. The zero-order valence-corrected chi connectivity index (χ0v) is 18.1. The number of amides is 1. The second-order valence-electron chi connectivity index (χ2n) is 8.00. The van der Waals surface area contributed by atoms with Crippen LogP contribution in [-0.4, -0.2) is 38.2 Å². The third kappa shape index (κ3) is 4.36. The van der Waals surface area contributed by atoms with Crippen molar-refractivity contribution < 1.29 is 26.4 Å². The number of hydrogen-bond acceptors (Lipinski definition) is 4. The Hall–Kier alpha value is -2.88. The standard InChI is InChI=1S/C22H22F3N3O3S/c1-14(16-5-4-6-17(13-16)22(23,24)25)26-21(29)15-9-11-28(12-10-15)20-18-7-2-3-8-19(18)32(30,31)27-20/h2-8,13-15H,9-12H2,1H3,(H,26,29). The number of fused-ring (bicyclic) bond motifs is 1. The van der Waals surface area contributed by atoms with Gasteiger partial charge in [-0.05, 0) is 49.6 Å². The Balaban J connectivity index is 1.39. The minimum Gasteiger partial charge on any atom is -0.355 e. The third-order valence-corrected chi connectivity index (χ3v) is 7.18. The monoisotopic (exact) mass is 465 g/mol. The van der Waals surface area contributed by atoms with Gasteiger partial charge in [-0.15, -0.1) is 4.40 Å². The van der Waals surface area contributed by atoms with E-state index in [1.54, 1.807) is 31.2 Å². The van der Waals surface area contributed by atoms with Gasteiger partial charge in [-0.1, -0.05) is 24.3 Å². The van der Waals surface area contributed by atoms with Crippen molar-refractivity contribution in [1.29, 1.82) is 0 Å². The number of likely N-dealkylation sites (tertiary alicyclic amines) is 1. The molecule has 10 heteroatoms. The van der Waals surface area contributed by atoms with Gasteiger partial charge in [0.25, 0.3) is 10.0 Å². The predicted octanol–water partition coefficient (Wildman–Crippen LogP) is 3.74. The number of carbonyl (C=O) groups is 1. The number of carbonyl (C=O) groups excluding carboxylic acids is 1. The summed E-state index contributed by atoms with van der Waals surface area (Å²) >= 11 is 0. The molecule has 2 aromatic carbocycles. The van der Waals surface area contributed by atoms with Gasteiger partial charge in [-0.3, -0.25) is 4.79 Å². The fourth-order valence-corrected chi connectivity index (χ4v) is 5.30. The lowest BCUT2D eigenvalue weighted by Crippen LogP contribution is -2.43. The van der Waals surface area contributed by atoms with Crippen LogP contribution in [0.3, 0.4) is 0 Å². The van der Waals surface area contributed by atoms with Crippen LogP contribution < -0.4 is 5.32 Å². The number of halogens is 3. The molecule has 0 radical (unpaired) electrons. The summed E-state index contributed by atoms with van der Waals surface area (Å²) in [5.41, 5.74) is 0.193. The zero-order valence-electron chi connectivity index (χ0n) is 17.3. The van der Waals surface area contributed by atoms with Crippen LogP contribution in [0, 0.1) is 5.92 Å². The maximum atomic E-state index is 13.0. The second-order valence-corrected chi connectivity index (χ2v) is 9.57. The van der Waals surface area contributed by atoms with E-state index in [1.165, 1.54) is 12.1 Å². The van der Waals surface area contributed by atoms with E-state index in [9.17, 15) is 26.4 Å². The van der Waals surface area contributed by atoms with E-state index in [1.807, 2.05) is 4.90 Å². The van der Waals surface area contributed by atoms with E-state index in [0.29, 0.717) is 42.9 Å². The van der Waals surface area contributed by atoms with Gasteiger partial charge in [0.05, 0.1) is 11.6 Å². The average molecular weight is 465 g/mol. The number of nitrogens with zero attached hydrogens (tertiary/aromatic N) is 2. The summed E-state index contributed by atoms with van der Waals surface area (Å²) in [4.78, 5) is 14.8. The molecule has 1 amide bonds. The molecule has 2 heterocycles. The molecular formula is C22H22F3N3O3S. The fourth-order valence-electron chi connectivity index (χ4n) is 4.07. The Kier molecular flexibility index (Phi) is 5.74. The first kappa shape index (κ1) is 22.3. The van der Waals surface area contributed by atoms with Crippen molar-refractivity contribution >= 4 is 21.8 Å². The number of piperidine rings is 1. The van der Waals surface area contributed by atoms with E-state index < -0.39 is 27.8 Å². The van der Waals surface area contributed by atoms with E-state index in [0.717, 1.165) is 12.1 Å². The molecule has 0 spiro atoms. The van der Waals surface area contributed by atoms with Crippen molar-refractivity contribution in [2.75, 3.05) is 13.1 Å². The quantitative estimate of drug-likeness (QED) is 0.749. The molecule has 4 rings (SSSR count). The lowest BCUT2D eigenvalue weighted by Gasteiger charge is -2.33. The van der Waals surface area contributed by atoms with Crippen molar-refractivity contribution in [1.82, 2.24) is 10.2 Å². The fraction of sp³-hybridized carbons (Fsp3) is 0.364. The summed E-state index contributed by atoms with van der Waals surface area (Å²) in [5, 5.41) is 2.81. The highest BCUT2D eigenvalue weighted by atomic mass is 32.2. The molecule has 32 heavy (non-hydrogen) atoms. The molecule has 2 aliphatic rings. The van der Waals surface area contributed by atoms with Crippen molar-refractivity contribution in [2.24, 2.45) is 10.3 Å². The van der Waals surface area contributed by atoms with Crippen molar-refractivity contribution in [3.05, 3.63) is 65.2 Å². The molecule has 1 atom stereocenters. The van der Waals surface area contributed by atoms with Crippen LogP contribution in [-0.2, 0) is 21.0 Å². The van der Waals surface area contributed by atoms with Crippen LogP contribution in [0.4, 0.5) is 13.2 Å².